The molecule has 8 nitrogen and oxygen atoms in total. The average Bonchev–Trinajstić information content (AvgIpc) is 2.82. The van der Waals surface area contributed by atoms with Crippen molar-refractivity contribution in [2.24, 2.45) is 10.9 Å². The number of para-hydroxylation sites is 1. The van der Waals surface area contributed by atoms with E-state index in [0.717, 1.165) is 5.71 Å². The summed E-state index contributed by atoms with van der Waals surface area (Å²) in [5.74, 6) is -1.11. The van der Waals surface area contributed by atoms with Crippen LogP contribution in [0, 0.1) is 5.92 Å². The fraction of sp³-hybridized carbons (Fsp3) is 0.333. The minimum absolute atomic E-state index is 0.104. The van der Waals surface area contributed by atoms with E-state index in [1.165, 1.54) is 11.0 Å². The number of carbonyl (C=O) groups is 1. The molecule has 140 valence electrons. The highest BCUT2D eigenvalue weighted by Gasteiger charge is 2.21. The molecule has 8 heteroatoms. The SMILES string of the molecule is CC(=Nc1c(O)[nH]c(O)c1Nc1cccc(C(=O)N(C)C)c1O)C(C)C. The molecule has 0 saturated heterocycles. The van der Waals surface area contributed by atoms with Crippen molar-refractivity contribution < 1.29 is 20.1 Å². The third kappa shape index (κ3) is 3.74. The highest BCUT2D eigenvalue weighted by molar-refractivity contribution is 5.99. The number of anilines is 2. The van der Waals surface area contributed by atoms with Crippen LogP contribution in [0.4, 0.5) is 17.1 Å². The molecule has 0 aliphatic heterocycles. The molecule has 0 unspecified atom stereocenters. The number of phenolic OH excluding ortho intramolecular Hbond substituents is 1. The topological polar surface area (TPSA) is 121 Å². The third-order valence-electron chi connectivity index (χ3n) is 3.99. The number of nitrogens with one attached hydrogen (secondary N) is 2. The second-order valence-corrected chi connectivity index (χ2v) is 6.48. The summed E-state index contributed by atoms with van der Waals surface area (Å²) in [6.07, 6.45) is 0. The molecule has 0 aliphatic carbocycles. The molecule has 0 atom stereocenters. The number of phenols is 1. The van der Waals surface area contributed by atoms with Crippen molar-refractivity contribution in [3.05, 3.63) is 23.8 Å². The Balaban J connectivity index is 2.49. The summed E-state index contributed by atoms with van der Waals surface area (Å²) in [5, 5.41) is 33.4. The highest BCUT2D eigenvalue weighted by Crippen LogP contribution is 2.45. The summed E-state index contributed by atoms with van der Waals surface area (Å²) in [6, 6.07) is 4.65. The van der Waals surface area contributed by atoms with Crippen LogP contribution in [0.15, 0.2) is 23.2 Å². The number of carbonyl (C=O) groups excluding carboxylic acids is 1. The van der Waals surface area contributed by atoms with Gasteiger partial charge in [-0.15, -0.1) is 0 Å². The molecule has 5 N–H and O–H groups in total. The molecular weight excluding hydrogens is 336 g/mol. The largest absolute Gasteiger partial charge is 0.505 e. The van der Waals surface area contributed by atoms with E-state index in [1.54, 1.807) is 26.2 Å². The highest BCUT2D eigenvalue weighted by atomic mass is 16.3. The number of H-pyrrole nitrogens is 1. The van der Waals surface area contributed by atoms with Gasteiger partial charge in [0.2, 0.25) is 11.8 Å². The van der Waals surface area contributed by atoms with E-state index in [1.807, 2.05) is 20.8 Å². The molecule has 0 radical (unpaired) electrons. The second-order valence-electron chi connectivity index (χ2n) is 6.48. The normalized spacial score (nSPS) is 11.7. The molecule has 2 rings (SSSR count). The molecule has 1 amide bonds. The van der Waals surface area contributed by atoms with Crippen LogP contribution in [0.5, 0.6) is 17.5 Å². The molecule has 0 aliphatic rings. The molecule has 0 bridgehead atoms. The van der Waals surface area contributed by atoms with Crippen LogP contribution in [0.2, 0.25) is 0 Å². The van der Waals surface area contributed by atoms with Crippen LogP contribution in [0.3, 0.4) is 0 Å². The summed E-state index contributed by atoms with van der Waals surface area (Å²) >= 11 is 0. The van der Waals surface area contributed by atoms with Gasteiger partial charge in [0, 0.05) is 19.8 Å². The van der Waals surface area contributed by atoms with Gasteiger partial charge in [-0.05, 0) is 25.0 Å². The average molecular weight is 360 g/mol. The van der Waals surface area contributed by atoms with Crippen LogP contribution in [-0.4, -0.2) is 50.9 Å². The monoisotopic (exact) mass is 360 g/mol. The zero-order chi connectivity index (χ0) is 19.6. The molecule has 0 fully saturated rings. The van der Waals surface area contributed by atoms with Crippen molar-refractivity contribution in [1.29, 1.82) is 0 Å². The zero-order valence-corrected chi connectivity index (χ0v) is 15.5. The first-order valence-corrected chi connectivity index (χ1v) is 8.13. The number of aromatic hydroxyl groups is 3. The number of rotatable bonds is 5. The molecular formula is C18H24N4O4. The number of amides is 1. The van der Waals surface area contributed by atoms with Gasteiger partial charge in [0.1, 0.15) is 5.69 Å². The standard InChI is InChI=1S/C18H24N4O4/c1-9(2)10(3)19-13-14(17(25)21-16(13)24)20-12-8-6-7-11(15(12)23)18(26)22(4)5/h6-9,20-21,23-25H,1-5H3. The summed E-state index contributed by atoms with van der Waals surface area (Å²) in [7, 11) is 3.17. The first-order chi connectivity index (χ1) is 12.1. The first kappa shape index (κ1) is 19.2. The molecule has 1 aromatic carbocycles. The van der Waals surface area contributed by atoms with Gasteiger partial charge in [-0.2, -0.15) is 0 Å². The van der Waals surface area contributed by atoms with E-state index in [2.05, 4.69) is 15.3 Å². The van der Waals surface area contributed by atoms with Crippen molar-refractivity contribution in [2.45, 2.75) is 20.8 Å². The van der Waals surface area contributed by atoms with Crippen molar-refractivity contribution in [1.82, 2.24) is 9.88 Å². The van der Waals surface area contributed by atoms with Crippen LogP contribution in [0.1, 0.15) is 31.1 Å². The van der Waals surface area contributed by atoms with Gasteiger partial charge in [0.05, 0.1) is 11.3 Å². The van der Waals surface area contributed by atoms with Gasteiger partial charge in [-0.3, -0.25) is 9.78 Å². The Labute approximate surface area is 151 Å². The number of aliphatic imine (C=N–C) groups is 1. The number of nitrogens with zero attached hydrogens (tertiary/aromatic N) is 2. The number of hydrogen-bond donors (Lipinski definition) is 5. The lowest BCUT2D eigenvalue weighted by Gasteiger charge is -2.15. The Morgan fingerprint density at radius 1 is 1.19 bits per heavy atom. The maximum atomic E-state index is 12.1. The number of benzene rings is 1. The Bertz CT molecular complexity index is 853. The van der Waals surface area contributed by atoms with E-state index in [9.17, 15) is 20.1 Å². The lowest BCUT2D eigenvalue weighted by atomic mass is 10.1. The maximum absolute atomic E-state index is 12.1. The van der Waals surface area contributed by atoms with Gasteiger partial charge < -0.3 is 25.5 Å². The minimum atomic E-state index is -0.360. The number of hydrogen-bond acceptors (Lipinski definition) is 6. The van der Waals surface area contributed by atoms with E-state index >= 15 is 0 Å². The Morgan fingerprint density at radius 2 is 1.85 bits per heavy atom. The first-order valence-electron chi connectivity index (χ1n) is 8.13. The second kappa shape index (κ2) is 7.38. The van der Waals surface area contributed by atoms with Crippen LogP contribution >= 0.6 is 0 Å². The van der Waals surface area contributed by atoms with Gasteiger partial charge in [0.15, 0.2) is 11.4 Å². The zero-order valence-electron chi connectivity index (χ0n) is 15.5. The third-order valence-corrected chi connectivity index (χ3v) is 3.99. The van der Waals surface area contributed by atoms with Gasteiger partial charge >= 0.3 is 0 Å². The van der Waals surface area contributed by atoms with E-state index in [-0.39, 0.29) is 52.0 Å². The fourth-order valence-electron chi connectivity index (χ4n) is 2.19. The summed E-state index contributed by atoms with van der Waals surface area (Å²) in [5.41, 5.74) is 1.29. The van der Waals surface area contributed by atoms with Crippen LogP contribution < -0.4 is 5.32 Å². The lowest BCUT2D eigenvalue weighted by molar-refractivity contribution is 0.0824. The Hall–Kier alpha value is -3.16. The van der Waals surface area contributed by atoms with Crippen molar-refractivity contribution in [3.63, 3.8) is 0 Å². The van der Waals surface area contributed by atoms with Crippen molar-refractivity contribution in [2.75, 3.05) is 19.4 Å². The maximum Gasteiger partial charge on any atom is 0.257 e. The van der Waals surface area contributed by atoms with Crippen LogP contribution in [0.25, 0.3) is 0 Å². The molecule has 1 aromatic heterocycles. The van der Waals surface area contributed by atoms with Crippen molar-refractivity contribution in [3.8, 4) is 17.5 Å². The summed E-state index contributed by atoms with van der Waals surface area (Å²) in [6.45, 7) is 5.72. The van der Waals surface area contributed by atoms with E-state index < -0.39 is 0 Å². The summed E-state index contributed by atoms with van der Waals surface area (Å²) < 4.78 is 0. The van der Waals surface area contributed by atoms with Gasteiger partial charge in [0.25, 0.3) is 5.91 Å². The quantitative estimate of drug-likeness (QED) is 0.414. The Kier molecular flexibility index (Phi) is 5.44. The molecule has 0 saturated carbocycles. The van der Waals surface area contributed by atoms with Gasteiger partial charge in [-0.25, -0.2) is 4.99 Å². The number of aromatic nitrogens is 1. The Morgan fingerprint density at radius 3 is 2.42 bits per heavy atom. The predicted molar refractivity (Wildman–Crippen MR) is 101 cm³/mol. The van der Waals surface area contributed by atoms with E-state index in [4.69, 9.17) is 0 Å². The fourth-order valence-corrected chi connectivity index (χ4v) is 2.19. The van der Waals surface area contributed by atoms with Gasteiger partial charge in [-0.1, -0.05) is 19.9 Å². The van der Waals surface area contributed by atoms with Crippen molar-refractivity contribution >= 4 is 28.7 Å². The van der Waals surface area contributed by atoms with E-state index in [0.29, 0.717) is 0 Å². The molecule has 0 spiro atoms. The molecule has 26 heavy (non-hydrogen) atoms. The summed E-state index contributed by atoms with van der Waals surface area (Å²) in [4.78, 5) is 20.2. The smallest absolute Gasteiger partial charge is 0.257 e. The molecule has 1 heterocycles. The number of aromatic amines is 1. The van der Waals surface area contributed by atoms with Crippen LogP contribution in [-0.2, 0) is 0 Å². The molecule has 2 aromatic rings. The lowest BCUT2D eigenvalue weighted by Crippen LogP contribution is -2.21. The minimum Gasteiger partial charge on any atom is -0.505 e. The predicted octanol–water partition coefficient (Wildman–Crippen LogP) is 3.33.